The van der Waals surface area contributed by atoms with Gasteiger partial charge in [-0.2, -0.15) is 0 Å². The molecule has 1 N–H and O–H groups in total. The Morgan fingerprint density at radius 3 is 2.71 bits per heavy atom. The van der Waals surface area contributed by atoms with E-state index >= 15 is 0 Å². The lowest BCUT2D eigenvalue weighted by Gasteiger charge is -2.14. The van der Waals surface area contributed by atoms with Crippen LogP contribution in [0.4, 0.5) is 0 Å². The van der Waals surface area contributed by atoms with Crippen molar-refractivity contribution in [2.45, 2.75) is 25.9 Å². The van der Waals surface area contributed by atoms with Crippen molar-refractivity contribution >= 4 is 21.6 Å². The first kappa shape index (κ1) is 13.0. The van der Waals surface area contributed by atoms with Crippen LogP contribution in [0.5, 0.6) is 0 Å². The van der Waals surface area contributed by atoms with Gasteiger partial charge < -0.3 is 4.40 Å². The third-order valence-electron chi connectivity index (χ3n) is 4.27. The van der Waals surface area contributed by atoms with E-state index in [-0.39, 0.29) is 6.04 Å². The van der Waals surface area contributed by atoms with Gasteiger partial charge in [-0.25, -0.2) is 4.98 Å². The Morgan fingerprint density at radius 2 is 1.90 bits per heavy atom. The number of fused-ring (bicyclic) bond motifs is 2. The molecule has 1 aromatic carbocycles. The van der Waals surface area contributed by atoms with Crippen molar-refractivity contribution in [2.24, 2.45) is 0 Å². The van der Waals surface area contributed by atoms with E-state index in [9.17, 15) is 0 Å². The van der Waals surface area contributed by atoms with Crippen LogP contribution in [0.1, 0.15) is 41.5 Å². The minimum atomic E-state index is 0.195. The van der Waals surface area contributed by atoms with Crippen LogP contribution in [0, 0.1) is 6.92 Å². The van der Waals surface area contributed by atoms with Gasteiger partial charge >= 0.3 is 0 Å². The number of pyridine rings is 1. The fourth-order valence-electron chi connectivity index (χ4n) is 3.33. The first-order valence-corrected chi connectivity index (χ1v) is 7.93. The van der Waals surface area contributed by atoms with Crippen LogP contribution in [0.3, 0.4) is 0 Å². The topological polar surface area (TPSA) is 29.3 Å². The number of imidazole rings is 1. The number of halogens is 1. The van der Waals surface area contributed by atoms with Crippen molar-refractivity contribution < 1.29 is 0 Å². The van der Waals surface area contributed by atoms with Crippen molar-refractivity contribution in [3.05, 3.63) is 69.6 Å². The summed E-state index contributed by atoms with van der Waals surface area (Å²) in [6, 6.07) is 13.3. The molecular formula is C17H16BrN3. The van der Waals surface area contributed by atoms with Gasteiger partial charge in [0.1, 0.15) is 5.65 Å². The van der Waals surface area contributed by atoms with E-state index in [2.05, 4.69) is 70.0 Å². The zero-order valence-corrected chi connectivity index (χ0v) is 13.6. The van der Waals surface area contributed by atoms with Crippen molar-refractivity contribution in [1.82, 2.24) is 14.7 Å². The molecule has 0 saturated carbocycles. The Morgan fingerprint density at radius 1 is 1.14 bits per heavy atom. The van der Waals surface area contributed by atoms with Crippen molar-refractivity contribution in [3.8, 4) is 0 Å². The molecule has 4 rings (SSSR count). The predicted octanol–water partition coefficient (Wildman–Crippen LogP) is 4.16. The Balaban J connectivity index is 1.96. The van der Waals surface area contributed by atoms with Gasteiger partial charge in [0, 0.05) is 16.7 Å². The Kier molecular flexibility index (Phi) is 2.91. The number of nitrogens with one attached hydrogen (secondary N) is 1. The molecule has 0 saturated heterocycles. The van der Waals surface area contributed by atoms with Crippen molar-refractivity contribution in [2.75, 3.05) is 0 Å². The van der Waals surface area contributed by atoms with E-state index in [0.29, 0.717) is 6.04 Å². The maximum atomic E-state index is 4.70. The Bertz CT molecular complexity index is 837. The summed E-state index contributed by atoms with van der Waals surface area (Å²) in [5.74, 6) is 0. The summed E-state index contributed by atoms with van der Waals surface area (Å²) in [6.07, 6.45) is 2.10. The summed E-state index contributed by atoms with van der Waals surface area (Å²) in [4.78, 5) is 4.70. The van der Waals surface area contributed by atoms with E-state index < -0.39 is 0 Å². The van der Waals surface area contributed by atoms with E-state index in [1.165, 1.54) is 16.8 Å². The number of hydrogen-bond donors (Lipinski definition) is 1. The average molecular weight is 342 g/mol. The minimum absolute atomic E-state index is 0.195. The number of rotatable bonds is 1. The van der Waals surface area contributed by atoms with Crippen LogP contribution in [-0.2, 0) is 0 Å². The molecule has 0 aliphatic carbocycles. The minimum Gasteiger partial charge on any atom is -0.301 e. The lowest BCUT2D eigenvalue weighted by molar-refractivity contribution is 0.561. The van der Waals surface area contributed by atoms with Gasteiger partial charge in [-0.15, -0.1) is 0 Å². The number of nitrogens with zero attached hydrogens (tertiary/aromatic N) is 2. The molecule has 0 radical (unpaired) electrons. The fourth-order valence-corrected chi connectivity index (χ4v) is 3.66. The predicted molar refractivity (Wildman–Crippen MR) is 87.5 cm³/mol. The molecule has 2 atom stereocenters. The molecule has 0 amide bonds. The van der Waals surface area contributed by atoms with Crippen LogP contribution < -0.4 is 5.32 Å². The first-order valence-electron chi connectivity index (χ1n) is 7.14. The second kappa shape index (κ2) is 4.68. The summed E-state index contributed by atoms with van der Waals surface area (Å²) in [6.45, 7) is 4.30. The van der Waals surface area contributed by atoms with Crippen molar-refractivity contribution in [1.29, 1.82) is 0 Å². The zero-order chi connectivity index (χ0) is 14.6. The third-order valence-corrected chi connectivity index (χ3v) is 4.74. The molecular weight excluding hydrogens is 326 g/mol. The Labute approximate surface area is 132 Å². The second-order valence-corrected chi connectivity index (χ2v) is 6.52. The highest BCUT2D eigenvalue weighted by molar-refractivity contribution is 9.10. The maximum Gasteiger partial charge on any atom is 0.137 e. The molecule has 3 nitrogen and oxygen atoms in total. The van der Waals surface area contributed by atoms with E-state index in [4.69, 9.17) is 4.98 Å². The highest BCUT2D eigenvalue weighted by Crippen LogP contribution is 2.38. The van der Waals surface area contributed by atoms with Crippen LogP contribution in [0.2, 0.25) is 0 Å². The largest absolute Gasteiger partial charge is 0.301 e. The maximum absolute atomic E-state index is 4.70. The SMILES string of the molecule is Cc1nc2ccc(Br)cn2c1[C@@H]1N[C@@H](C)c2ccccc21. The van der Waals surface area contributed by atoms with E-state index in [0.717, 1.165) is 15.8 Å². The average Bonchev–Trinajstić information content (AvgIpc) is 2.96. The number of aromatic nitrogens is 2. The molecule has 2 aromatic heterocycles. The lowest BCUT2D eigenvalue weighted by Crippen LogP contribution is -2.19. The van der Waals surface area contributed by atoms with Crippen molar-refractivity contribution in [3.63, 3.8) is 0 Å². The third kappa shape index (κ3) is 1.93. The summed E-state index contributed by atoms with van der Waals surface area (Å²) in [5.41, 5.74) is 6.03. The van der Waals surface area contributed by atoms with Crippen LogP contribution in [0.15, 0.2) is 47.1 Å². The van der Waals surface area contributed by atoms with Crippen LogP contribution in [0.25, 0.3) is 5.65 Å². The van der Waals surface area contributed by atoms with E-state index in [1.807, 2.05) is 12.1 Å². The van der Waals surface area contributed by atoms with Gasteiger partial charge in [-0.3, -0.25) is 5.32 Å². The highest BCUT2D eigenvalue weighted by atomic mass is 79.9. The number of benzene rings is 1. The van der Waals surface area contributed by atoms with Gasteiger partial charge in [-0.1, -0.05) is 24.3 Å². The normalized spacial score (nSPS) is 20.9. The molecule has 1 aliphatic rings. The highest BCUT2D eigenvalue weighted by Gasteiger charge is 2.31. The van der Waals surface area contributed by atoms with E-state index in [1.54, 1.807) is 0 Å². The molecule has 3 heterocycles. The summed E-state index contributed by atoms with van der Waals surface area (Å²) in [7, 11) is 0. The van der Waals surface area contributed by atoms with Crippen LogP contribution >= 0.6 is 15.9 Å². The van der Waals surface area contributed by atoms with Crippen LogP contribution in [-0.4, -0.2) is 9.38 Å². The monoisotopic (exact) mass is 341 g/mol. The van der Waals surface area contributed by atoms with Gasteiger partial charge in [0.2, 0.25) is 0 Å². The standard InChI is InChI=1S/C17H16BrN3/c1-10-13-5-3-4-6-14(13)16(20-10)17-11(2)19-15-8-7-12(18)9-21(15)17/h3-10,16,20H,1-2H3/t10-,16+/m0/s1. The first-order chi connectivity index (χ1) is 10.1. The lowest BCUT2D eigenvalue weighted by atomic mass is 10.00. The summed E-state index contributed by atoms with van der Waals surface area (Å²) < 4.78 is 3.25. The molecule has 106 valence electrons. The zero-order valence-electron chi connectivity index (χ0n) is 12.0. The molecule has 21 heavy (non-hydrogen) atoms. The number of hydrogen-bond acceptors (Lipinski definition) is 2. The van der Waals surface area contributed by atoms with Gasteiger partial charge in [0.15, 0.2) is 0 Å². The number of aryl methyl sites for hydroxylation is 1. The quantitative estimate of drug-likeness (QED) is 0.720. The van der Waals surface area contributed by atoms with Gasteiger partial charge in [-0.05, 0) is 53.0 Å². The molecule has 0 fully saturated rings. The molecule has 0 spiro atoms. The van der Waals surface area contributed by atoms with Gasteiger partial charge in [0.05, 0.1) is 17.4 Å². The Hall–Kier alpha value is -1.65. The second-order valence-electron chi connectivity index (χ2n) is 5.61. The molecule has 3 aromatic rings. The summed E-state index contributed by atoms with van der Waals surface area (Å²) in [5, 5.41) is 3.70. The smallest absolute Gasteiger partial charge is 0.137 e. The molecule has 0 unspecified atom stereocenters. The fraction of sp³-hybridized carbons (Fsp3) is 0.235. The molecule has 1 aliphatic heterocycles. The summed E-state index contributed by atoms with van der Waals surface area (Å²) >= 11 is 3.56. The van der Waals surface area contributed by atoms with Gasteiger partial charge in [0.25, 0.3) is 0 Å². The molecule has 0 bridgehead atoms. The molecule has 4 heteroatoms.